The Morgan fingerprint density at radius 2 is 2.05 bits per heavy atom. The largest absolute Gasteiger partial charge is 0.481 e. The van der Waals surface area contributed by atoms with Gasteiger partial charge in [0.1, 0.15) is 0 Å². The summed E-state index contributed by atoms with van der Waals surface area (Å²) in [5.41, 5.74) is 2.19. The molecule has 3 rings (SSSR count). The molecule has 1 aliphatic heterocycles. The highest BCUT2D eigenvalue weighted by Gasteiger charge is 2.34. The van der Waals surface area contributed by atoms with E-state index in [-0.39, 0.29) is 17.9 Å². The molecule has 6 heteroatoms. The Morgan fingerprint density at radius 3 is 2.82 bits per heavy atom. The quantitative estimate of drug-likeness (QED) is 0.789. The van der Waals surface area contributed by atoms with Gasteiger partial charge in [-0.1, -0.05) is 6.42 Å². The van der Waals surface area contributed by atoms with Crippen LogP contribution in [0.3, 0.4) is 0 Å². The van der Waals surface area contributed by atoms with Crippen LogP contribution in [-0.2, 0) is 16.0 Å². The second kappa shape index (κ2) is 5.79. The molecule has 1 aromatic rings. The van der Waals surface area contributed by atoms with Crippen LogP contribution in [0.2, 0.25) is 0 Å². The van der Waals surface area contributed by atoms with Gasteiger partial charge in [-0.2, -0.15) is 0 Å². The van der Waals surface area contributed by atoms with E-state index in [0.717, 1.165) is 17.7 Å². The zero-order valence-corrected chi connectivity index (χ0v) is 12.1. The minimum Gasteiger partial charge on any atom is -0.481 e. The monoisotopic (exact) mass is 302 g/mol. The third-order valence-electron chi connectivity index (χ3n) is 4.41. The molecule has 0 spiro atoms. The molecule has 1 fully saturated rings. The maximum absolute atomic E-state index is 12.3. The summed E-state index contributed by atoms with van der Waals surface area (Å²) < 4.78 is 0. The van der Waals surface area contributed by atoms with Crippen LogP contribution in [0.15, 0.2) is 18.2 Å². The maximum atomic E-state index is 12.3. The molecule has 116 valence electrons. The number of aliphatic carboxylic acids is 1. The van der Waals surface area contributed by atoms with Gasteiger partial charge in [0.2, 0.25) is 5.91 Å². The Bertz CT molecular complexity index is 641. The van der Waals surface area contributed by atoms with Gasteiger partial charge in [0.05, 0.1) is 5.92 Å². The van der Waals surface area contributed by atoms with Crippen LogP contribution in [0.1, 0.15) is 41.6 Å². The van der Waals surface area contributed by atoms with Crippen molar-refractivity contribution in [3.05, 3.63) is 29.3 Å². The highest BCUT2D eigenvalue weighted by atomic mass is 16.4. The number of anilines is 1. The summed E-state index contributed by atoms with van der Waals surface area (Å²) in [6.07, 6.45) is 3.16. The number of amides is 2. The van der Waals surface area contributed by atoms with Gasteiger partial charge in [0.25, 0.3) is 5.91 Å². The molecule has 2 aliphatic rings. The molecule has 1 aliphatic carbocycles. The number of aryl methyl sites for hydroxylation is 1. The minimum atomic E-state index is -0.851. The van der Waals surface area contributed by atoms with Crippen LogP contribution >= 0.6 is 0 Å². The molecule has 2 atom stereocenters. The number of carbonyl (C=O) groups is 3. The Labute approximate surface area is 127 Å². The normalized spacial score (nSPS) is 23.5. The van der Waals surface area contributed by atoms with E-state index in [9.17, 15) is 14.4 Å². The molecular formula is C16H18N2O4. The van der Waals surface area contributed by atoms with Crippen LogP contribution in [0.4, 0.5) is 5.69 Å². The third kappa shape index (κ3) is 2.81. The van der Waals surface area contributed by atoms with E-state index in [1.54, 1.807) is 18.2 Å². The first-order valence-corrected chi connectivity index (χ1v) is 7.51. The lowest BCUT2D eigenvalue weighted by molar-refractivity contribution is -0.142. The fourth-order valence-corrected chi connectivity index (χ4v) is 3.20. The summed E-state index contributed by atoms with van der Waals surface area (Å²) in [6.45, 7) is 0. The SMILES string of the molecule is O=C1CCc2cc(C(=O)N[C@H]3CCC[C@H]3C(=O)O)ccc2N1. The molecule has 1 saturated carbocycles. The van der Waals surface area contributed by atoms with Crippen LogP contribution in [0, 0.1) is 5.92 Å². The van der Waals surface area contributed by atoms with Gasteiger partial charge in [-0.05, 0) is 43.0 Å². The van der Waals surface area contributed by atoms with Crippen LogP contribution in [0.25, 0.3) is 0 Å². The van der Waals surface area contributed by atoms with Crippen LogP contribution < -0.4 is 10.6 Å². The maximum Gasteiger partial charge on any atom is 0.308 e. The average Bonchev–Trinajstić information content (AvgIpc) is 2.95. The van der Waals surface area contributed by atoms with Crippen molar-refractivity contribution in [3.8, 4) is 0 Å². The number of hydrogen-bond donors (Lipinski definition) is 3. The highest BCUT2D eigenvalue weighted by molar-refractivity contribution is 5.98. The van der Waals surface area contributed by atoms with Crippen molar-refractivity contribution in [2.45, 2.75) is 38.1 Å². The molecule has 0 unspecified atom stereocenters. The first-order chi connectivity index (χ1) is 10.5. The lowest BCUT2D eigenvalue weighted by atomic mass is 9.99. The van der Waals surface area contributed by atoms with E-state index >= 15 is 0 Å². The Balaban J connectivity index is 1.73. The first kappa shape index (κ1) is 14.6. The molecule has 6 nitrogen and oxygen atoms in total. The number of rotatable bonds is 3. The summed E-state index contributed by atoms with van der Waals surface area (Å²) in [7, 11) is 0. The number of hydrogen-bond acceptors (Lipinski definition) is 3. The van der Waals surface area contributed by atoms with Crippen LogP contribution in [-0.4, -0.2) is 28.9 Å². The molecule has 0 saturated heterocycles. The molecule has 3 N–H and O–H groups in total. The van der Waals surface area contributed by atoms with Crippen molar-refractivity contribution in [1.82, 2.24) is 5.32 Å². The fourth-order valence-electron chi connectivity index (χ4n) is 3.20. The van der Waals surface area contributed by atoms with Gasteiger partial charge in [0, 0.05) is 23.7 Å². The summed E-state index contributed by atoms with van der Waals surface area (Å²) in [5, 5.41) is 14.8. The predicted molar refractivity (Wildman–Crippen MR) is 79.6 cm³/mol. The van der Waals surface area contributed by atoms with Gasteiger partial charge >= 0.3 is 5.97 Å². The van der Waals surface area contributed by atoms with Gasteiger partial charge in [-0.25, -0.2) is 0 Å². The molecule has 1 aromatic carbocycles. The van der Waals surface area contributed by atoms with E-state index in [4.69, 9.17) is 5.11 Å². The van der Waals surface area contributed by atoms with Crippen molar-refractivity contribution in [1.29, 1.82) is 0 Å². The molecule has 0 bridgehead atoms. The number of benzene rings is 1. The Hall–Kier alpha value is -2.37. The van der Waals surface area contributed by atoms with Gasteiger partial charge in [0.15, 0.2) is 0 Å². The average molecular weight is 302 g/mol. The molecular weight excluding hydrogens is 284 g/mol. The van der Waals surface area contributed by atoms with Gasteiger partial charge in [-0.3, -0.25) is 14.4 Å². The van der Waals surface area contributed by atoms with E-state index in [1.807, 2.05) is 0 Å². The molecule has 2 amide bonds. The first-order valence-electron chi connectivity index (χ1n) is 7.51. The van der Waals surface area contributed by atoms with Crippen LogP contribution in [0.5, 0.6) is 0 Å². The molecule has 0 aromatic heterocycles. The van der Waals surface area contributed by atoms with Gasteiger partial charge in [-0.15, -0.1) is 0 Å². The predicted octanol–water partition coefficient (Wildman–Crippen LogP) is 1.55. The summed E-state index contributed by atoms with van der Waals surface area (Å²) >= 11 is 0. The number of nitrogens with one attached hydrogen (secondary N) is 2. The fraction of sp³-hybridized carbons (Fsp3) is 0.438. The lowest BCUT2D eigenvalue weighted by Crippen LogP contribution is -2.40. The number of fused-ring (bicyclic) bond motifs is 1. The Morgan fingerprint density at radius 1 is 1.23 bits per heavy atom. The second-order valence-electron chi connectivity index (χ2n) is 5.88. The summed E-state index contributed by atoms with van der Waals surface area (Å²) in [4.78, 5) is 34.8. The van der Waals surface area contributed by atoms with Crippen molar-refractivity contribution in [2.24, 2.45) is 5.92 Å². The highest BCUT2D eigenvalue weighted by Crippen LogP contribution is 2.27. The summed E-state index contributed by atoms with van der Waals surface area (Å²) in [6, 6.07) is 4.85. The topological polar surface area (TPSA) is 95.5 Å². The van der Waals surface area contributed by atoms with E-state index in [2.05, 4.69) is 10.6 Å². The molecule has 0 radical (unpaired) electrons. The Kier molecular flexibility index (Phi) is 3.83. The van der Waals surface area contributed by atoms with Crippen molar-refractivity contribution in [3.63, 3.8) is 0 Å². The minimum absolute atomic E-state index is 0.0139. The summed E-state index contributed by atoms with van der Waals surface area (Å²) in [5.74, 6) is -1.62. The smallest absolute Gasteiger partial charge is 0.308 e. The number of carboxylic acid groups (broad SMARTS) is 1. The van der Waals surface area contributed by atoms with E-state index < -0.39 is 11.9 Å². The van der Waals surface area contributed by atoms with Crippen molar-refractivity contribution >= 4 is 23.5 Å². The van der Waals surface area contributed by atoms with Crippen molar-refractivity contribution in [2.75, 3.05) is 5.32 Å². The zero-order valence-electron chi connectivity index (χ0n) is 12.1. The lowest BCUT2D eigenvalue weighted by Gasteiger charge is -2.20. The van der Waals surface area contributed by atoms with E-state index in [0.29, 0.717) is 31.2 Å². The second-order valence-corrected chi connectivity index (χ2v) is 5.88. The molecule has 1 heterocycles. The van der Waals surface area contributed by atoms with E-state index in [1.165, 1.54) is 0 Å². The zero-order chi connectivity index (χ0) is 15.7. The van der Waals surface area contributed by atoms with Gasteiger partial charge < -0.3 is 15.7 Å². The molecule has 22 heavy (non-hydrogen) atoms. The number of carbonyl (C=O) groups excluding carboxylic acids is 2. The number of carboxylic acids is 1. The standard InChI is InChI=1S/C16H18N2O4/c19-14-7-5-9-8-10(4-6-12(9)17-14)15(20)18-13-3-1-2-11(13)16(21)22/h4,6,8,11,13H,1-3,5,7H2,(H,17,19)(H,18,20)(H,21,22)/t11-,13+/m1/s1. The third-order valence-corrected chi connectivity index (χ3v) is 4.41. The van der Waals surface area contributed by atoms with Crippen molar-refractivity contribution < 1.29 is 19.5 Å².